The summed E-state index contributed by atoms with van der Waals surface area (Å²) in [6.07, 6.45) is 4.85. The van der Waals surface area contributed by atoms with Crippen LogP contribution in [0.5, 0.6) is 11.5 Å². The van der Waals surface area contributed by atoms with Gasteiger partial charge in [0.05, 0.1) is 26.2 Å². The van der Waals surface area contributed by atoms with Gasteiger partial charge in [0, 0.05) is 24.5 Å². The second-order valence-electron chi connectivity index (χ2n) is 5.42. The normalized spacial score (nSPS) is 10.6. The molecule has 0 radical (unpaired) electrons. The Morgan fingerprint density at radius 3 is 2.63 bits per heavy atom. The highest BCUT2D eigenvalue weighted by Crippen LogP contribution is 2.29. The molecule has 1 aromatic carbocycles. The van der Waals surface area contributed by atoms with E-state index in [1.165, 1.54) is 11.8 Å². The predicted molar refractivity (Wildman–Crippen MR) is 101 cm³/mol. The minimum absolute atomic E-state index is 0.0346. The van der Waals surface area contributed by atoms with E-state index in [0.717, 1.165) is 0 Å². The van der Waals surface area contributed by atoms with Gasteiger partial charge in [0.15, 0.2) is 28.3 Å². The fourth-order valence-corrected chi connectivity index (χ4v) is 3.40. The van der Waals surface area contributed by atoms with Crippen LogP contribution in [0.1, 0.15) is 17.3 Å². The van der Waals surface area contributed by atoms with E-state index in [4.69, 9.17) is 9.47 Å². The lowest BCUT2D eigenvalue weighted by molar-refractivity contribution is 0.102. The Hall–Kier alpha value is -2.94. The van der Waals surface area contributed by atoms with Gasteiger partial charge in [-0.05, 0) is 25.1 Å². The standard InChI is InChI=1S/C18H19N5O3S/c1-4-23-17(13-10-19-7-8-20-13)21-22-18(23)27-11-14(24)12-5-6-15(25-2)16(9-12)26-3/h5-10H,4,11H2,1-3H3. The molecule has 8 nitrogen and oxygen atoms in total. The molecule has 0 amide bonds. The first-order chi connectivity index (χ1) is 13.2. The highest BCUT2D eigenvalue weighted by atomic mass is 32.2. The highest BCUT2D eigenvalue weighted by Gasteiger charge is 2.17. The second-order valence-corrected chi connectivity index (χ2v) is 6.37. The third kappa shape index (κ3) is 4.08. The molecule has 2 heterocycles. The summed E-state index contributed by atoms with van der Waals surface area (Å²) in [6.45, 7) is 2.65. The van der Waals surface area contributed by atoms with Gasteiger partial charge in [-0.1, -0.05) is 11.8 Å². The van der Waals surface area contributed by atoms with Crippen molar-refractivity contribution >= 4 is 17.5 Å². The maximum absolute atomic E-state index is 12.6. The Balaban J connectivity index is 1.75. The quantitative estimate of drug-likeness (QED) is 0.432. The van der Waals surface area contributed by atoms with Crippen molar-refractivity contribution in [3.8, 4) is 23.0 Å². The molecule has 140 valence electrons. The molecule has 0 fully saturated rings. The summed E-state index contributed by atoms with van der Waals surface area (Å²) < 4.78 is 12.4. The van der Waals surface area contributed by atoms with Crippen molar-refractivity contribution in [2.75, 3.05) is 20.0 Å². The zero-order valence-corrected chi connectivity index (χ0v) is 16.1. The third-order valence-corrected chi connectivity index (χ3v) is 4.83. The molecular weight excluding hydrogens is 366 g/mol. The molecule has 0 aliphatic rings. The van der Waals surface area contributed by atoms with Crippen LogP contribution in [0.3, 0.4) is 0 Å². The summed E-state index contributed by atoms with van der Waals surface area (Å²) >= 11 is 1.33. The summed E-state index contributed by atoms with van der Waals surface area (Å²) in [7, 11) is 3.10. The Morgan fingerprint density at radius 1 is 1.15 bits per heavy atom. The molecule has 3 rings (SSSR count). The van der Waals surface area contributed by atoms with Crippen LogP contribution in [0, 0.1) is 0 Å². The summed E-state index contributed by atoms with van der Waals surface area (Å²) in [5, 5.41) is 9.06. The average Bonchev–Trinajstić information content (AvgIpc) is 3.14. The number of nitrogens with zero attached hydrogens (tertiary/aromatic N) is 5. The number of aromatic nitrogens is 5. The molecule has 0 saturated heterocycles. The van der Waals surface area contributed by atoms with Gasteiger partial charge in [-0.15, -0.1) is 10.2 Å². The molecule has 0 unspecified atom stereocenters. The first-order valence-corrected chi connectivity index (χ1v) is 9.24. The van der Waals surface area contributed by atoms with E-state index in [9.17, 15) is 4.79 Å². The number of rotatable bonds is 8. The number of benzene rings is 1. The zero-order valence-electron chi connectivity index (χ0n) is 15.2. The van der Waals surface area contributed by atoms with Gasteiger partial charge in [0.25, 0.3) is 0 Å². The van der Waals surface area contributed by atoms with E-state index in [1.54, 1.807) is 51.0 Å². The molecule has 0 atom stereocenters. The van der Waals surface area contributed by atoms with Gasteiger partial charge in [0.2, 0.25) is 0 Å². The number of ketones is 1. The number of hydrogen-bond donors (Lipinski definition) is 0. The van der Waals surface area contributed by atoms with Crippen LogP contribution in [0.15, 0.2) is 41.9 Å². The average molecular weight is 385 g/mol. The lowest BCUT2D eigenvalue weighted by atomic mass is 10.1. The van der Waals surface area contributed by atoms with Crippen molar-refractivity contribution in [3.05, 3.63) is 42.4 Å². The van der Waals surface area contributed by atoms with Crippen molar-refractivity contribution in [1.29, 1.82) is 0 Å². The largest absolute Gasteiger partial charge is 0.493 e. The molecule has 0 N–H and O–H groups in total. The number of hydrogen-bond acceptors (Lipinski definition) is 8. The predicted octanol–water partition coefficient (Wildman–Crippen LogP) is 2.75. The summed E-state index contributed by atoms with van der Waals surface area (Å²) in [5.41, 5.74) is 1.20. The lowest BCUT2D eigenvalue weighted by Crippen LogP contribution is -2.06. The van der Waals surface area contributed by atoms with Crippen LogP contribution in [-0.2, 0) is 6.54 Å². The van der Waals surface area contributed by atoms with Crippen molar-refractivity contribution in [2.24, 2.45) is 0 Å². The van der Waals surface area contributed by atoms with Crippen LogP contribution in [-0.4, -0.2) is 50.5 Å². The minimum atomic E-state index is -0.0346. The Morgan fingerprint density at radius 2 is 1.96 bits per heavy atom. The molecule has 3 aromatic rings. The molecule has 0 saturated carbocycles. The molecule has 0 aliphatic heterocycles. The fraction of sp³-hybridized carbons (Fsp3) is 0.278. The van der Waals surface area contributed by atoms with Gasteiger partial charge in [0.1, 0.15) is 5.69 Å². The molecule has 2 aromatic heterocycles. The van der Waals surface area contributed by atoms with E-state index < -0.39 is 0 Å². The van der Waals surface area contributed by atoms with Crippen molar-refractivity contribution in [1.82, 2.24) is 24.7 Å². The first-order valence-electron chi connectivity index (χ1n) is 8.25. The zero-order chi connectivity index (χ0) is 19.2. The minimum Gasteiger partial charge on any atom is -0.493 e. The van der Waals surface area contributed by atoms with Crippen LogP contribution in [0.4, 0.5) is 0 Å². The smallest absolute Gasteiger partial charge is 0.191 e. The summed E-state index contributed by atoms with van der Waals surface area (Å²) in [5.74, 6) is 1.93. The number of methoxy groups -OCH3 is 2. The van der Waals surface area contributed by atoms with E-state index in [1.807, 2.05) is 11.5 Å². The topological polar surface area (TPSA) is 92.0 Å². The molecule has 9 heteroatoms. The van der Waals surface area contributed by atoms with Gasteiger partial charge in [-0.25, -0.2) is 4.98 Å². The Kier molecular flexibility index (Phi) is 6.02. The molecular formula is C18H19N5O3S. The van der Waals surface area contributed by atoms with Crippen LogP contribution >= 0.6 is 11.8 Å². The second kappa shape index (κ2) is 8.63. The van der Waals surface area contributed by atoms with Crippen LogP contribution < -0.4 is 9.47 Å². The maximum atomic E-state index is 12.6. The fourth-order valence-electron chi connectivity index (χ4n) is 2.51. The maximum Gasteiger partial charge on any atom is 0.191 e. The van der Waals surface area contributed by atoms with E-state index in [-0.39, 0.29) is 11.5 Å². The monoisotopic (exact) mass is 385 g/mol. The summed E-state index contributed by atoms with van der Waals surface area (Å²) in [4.78, 5) is 20.9. The van der Waals surface area contributed by atoms with Crippen LogP contribution in [0.25, 0.3) is 11.5 Å². The SMILES string of the molecule is CCn1c(SCC(=O)c2ccc(OC)c(OC)c2)nnc1-c1cnccn1. The number of ether oxygens (including phenoxy) is 2. The lowest BCUT2D eigenvalue weighted by Gasteiger charge is -2.09. The van der Waals surface area contributed by atoms with Gasteiger partial charge in [-0.3, -0.25) is 9.78 Å². The van der Waals surface area contributed by atoms with Gasteiger partial charge in [-0.2, -0.15) is 0 Å². The summed E-state index contributed by atoms with van der Waals surface area (Å²) in [6, 6.07) is 5.12. The molecule has 0 bridgehead atoms. The molecule has 0 spiro atoms. The number of carbonyl (C=O) groups is 1. The first kappa shape index (κ1) is 18.8. The Bertz CT molecular complexity index is 930. The van der Waals surface area contributed by atoms with Crippen molar-refractivity contribution < 1.29 is 14.3 Å². The molecule has 27 heavy (non-hydrogen) atoms. The van der Waals surface area contributed by atoms with Gasteiger partial charge < -0.3 is 14.0 Å². The number of Topliss-reactive ketones (excluding diaryl/α,β-unsaturated/α-hetero) is 1. The Labute approximate surface area is 161 Å². The molecule has 0 aliphatic carbocycles. The van der Waals surface area contributed by atoms with Crippen molar-refractivity contribution in [2.45, 2.75) is 18.6 Å². The third-order valence-electron chi connectivity index (χ3n) is 3.86. The number of carbonyl (C=O) groups excluding carboxylic acids is 1. The number of thioether (sulfide) groups is 1. The van der Waals surface area contributed by atoms with Crippen molar-refractivity contribution in [3.63, 3.8) is 0 Å². The van der Waals surface area contributed by atoms with Gasteiger partial charge >= 0.3 is 0 Å². The van der Waals surface area contributed by atoms with E-state index in [2.05, 4.69) is 20.2 Å². The van der Waals surface area contributed by atoms with Crippen LogP contribution in [0.2, 0.25) is 0 Å². The van der Waals surface area contributed by atoms with E-state index >= 15 is 0 Å². The highest BCUT2D eigenvalue weighted by molar-refractivity contribution is 7.99. The van der Waals surface area contributed by atoms with E-state index in [0.29, 0.717) is 40.3 Å².